The molecule has 2 rings (SSSR count). The van der Waals surface area contributed by atoms with Crippen LogP contribution in [0.15, 0.2) is 42.5 Å². The molecule has 0 saturated heterocycles. The van der Waals surface area contributed by atoms with Gasteiger partial charge in [0.1, 0.15) is 6.04 Å². The average molecular weight is 367 g/mol. The van der Waals surface area contributed by atoms with Crippen molar-refractivity contribution in [2.45, 2.75) is 12.6 Å². The van der Waals surface area contributed by atoms with Crippen LogP contribution in [0.5, 0.6) is 17.2 Å². The van der Waals surface area contributed by atoms with Crippen molar-refractivity contribution in [1.82, 2.24) is 5.32 Å². The van der Waals surface area contributed by atoms with Crippen LogP contribution in [0.2, 0.25) is 0 Å². The fourth-order valence-corrected chi connectivity index (χ4v) is 2.41. The van der Waals surface area contributed by atoms with Crippen molar-refractivity contribution in [2.75, 3.05) is 21.3 Å². The van der Waals surface area contributed by atoms with Crippen molar-refractivity contribution >= 4 is 18.3 Å². The van der Waals surface area contributed by atoms with Gasteiger partial charge in [0.15, 0.2) is 11.5 Å². The smallest absolute Gasteiger partial charge is 0.241 e. The van der Waals surface area contributed by atoms with E-state index in [9.17, 15) is 4.79 Å². The molecule has 0 aliphatic heterocycles. The molecule has 1 unspecified atom stereocenters. The minimum Gasteiger partial charge on any atom is -0.493 e. The van der Waals surface area contributed by atoms with E-state index >= 15 is 0 Å². The highest BCUT2D eigenvalue weighted by atomic mass is 35.5. The molecule has 1 atom stereocenters. The largest absolute Gasteiger partial charge is 0.493 e. The molecular weight excluding hydrogens is 344 g/mol. The summed E-state index contributed by atoms with van der Waals surface area (Å²) in [5, 5.41) is 2.82. The summed E-state index contributed by atoms with van der Waals surface area (Å²) in [7, 11) is 4.63. The Labute approximate surface area is 153 Å². The first-order valence-corrected chi connectivity index (χ1v) is 7.48. The normalized spacial score (nSPS) is 11.0. The van der Waals surface area contributed by atoms with E-state index in [1.54, 1.807) is 13.2 Å². The zero-order chi connectivity index (χ0) is 17.5. The van der Waals surface area contributed by atoms with Crippen molar-refractivity contribution < 1.29 is 19.0 Å². The molecule has 0 saturated carbocycles. The molecule has 3 N–H and O–H groups in total. The van der Waals surface area contributed by atoms with Gasteiger partial charge in [-0.2, -0.15) is 0 Å². The van der Waals surface area contributed by atoms with Crippen molar-refractivity contribution in [2.24, 2.45) is 5.73 Å². The number of nitrogens with one attached hydrogen (secondary N) is 1. The third-order valence-electron chi connectivity index (χ3n) is 3.68. The fourth-order valence-electron chi connectivity index (χ4n) is 2.41. The third-order valence-corrected chi connectivity index (χ3v) is 3.68. The number of ether oxygens (including phenoxy) is 3. The van der Waals surface area contributed by atoms with Crippen LogP contribution in [0.3, 0.4) is 0 Å². The number of nitrogens with two attached hydrogens (primary N) is 1. The van der Waals surface area contributed by atoms with Crippen LogP contribution in [0.25, 0.3) is 0 Å². The van der Waals surface area contributed by atoms with Gasteiger partial charge < -0.3 is 25.3 Å². The quantitative estimate of drug-likeness (QED) is 0.786. The van der Waals surface area contributed by atoms with Crippen LogP contribution in [0.4, 0.5) is 0 Å². The number of methoxy groups -OCH3 is 3. The number of rotatable bonds is 7. The Morgan fingerprint density at radius 2 is 1.64 bits per heavy atom. The summed E-state index contributed by atoms with van der Waals surface area (Å²) in [4.78, 5) is 12.3. The van der Waals surface area contributed by atoms with Crippen molar-refractivity contribution in [3.05, 3.63) is 53.6 Å². The molecule has 0 fully saturated rings. The Balaban J connectivity index is 0.00000312. The summed E-state index contributed by atoms with van der Waals surface area (Å²) in [5.41, 5.74) is 7.51. The van der Waals surface area contributed by atoms with Gasteiger partial charge in [-0.3, -0.25) is 4.79 Å². The number of amides is 1. The summed E-state index contributed by atoms with van der Waals surface area (Å²) in [5.74, 6) is 1.30. The molecule has 0 radical (unpaired) electrons. The van der Waals surface area contributed by atoms with E-state index < -0.39 is 6.04 Å². The minimum atomic E-state index is -0.725. The topological polar surface area (TPSA) is 82.8 Å². The van der Waals surface area contributed by atoms with E-state index in [0.717, 1.165) is 11.1 Å². The molecule has 0 aromatic heterocycles. The average Bonchev–Trinajstić information content (AvgIpc) is 2.64. The van der Waals surface area contributed by atoms with Gasteiger partial charge in [-0.1, -0.05) is 30.3 Å². The van der Waals surface area contributed by atoms with Gasteiger partial charge in [-0.05, 0) is 17.7 Å². The Kier molecular flexibility index (Phi) is 8.04. The van der Waals surface area contributed by atoms with Gasteiger partial charge in [0.25, 0.3) is 0 Å². The number of hydrogen-bond donors (Lipinski definition) is 2. The third kappa shape index (κ3) is 4.78. The summed E-state index contributed by atoms with van der Waals surface area (Å²) >= 11 is 0. The Bertz CT molecular complexity index is 695. The van der Waals surface area contributed by atoms with Gasteiger partial charge in [-0.15, -0.1) is 12.4 Å². The number of halogens is 1. The highest BCUT2D eigenvalue weighted by Gasteiger charge is 2.18. The van der Waals surface area contributed by atoms with Gasteiger partial charge in [-0.25, -0.2) is 0 Å². The molecule has 0 bridgehead atoms. The molecule has 136 valence electrons. The first-order chi connectivity index (χ1) is 11.6. The molecule has 2 aromatic carbocycles. The predicted molar refractivity (Wildman–Crippen MR) is 98.6 cm³/mol. The highest BCUT2D eigenvalue weighted by Crippen LogP contribution is 2.39. The van der Waals surface area contributed by atoms with Crippen LogP contribution in [0, 0.1) is 0 Å². The lowest BCUT2D eigenvalue weighted by molar-refractivity contribution is -0.122. The van der Waals surface area contributed by atoms with Crippen LogP contribution < -0.4 is 25.3 Å². The van der Waals surface area contributed by atoms with Crippen LogP contribution in [-0.2, 0) is 11.3 Å². The number of hydrogen-bond acceptors (Lipinski definition) is 5. The molecule has 0 aliphatic rings. The van der Waals surface area contributed by atoms with Crippen LogP contribution in [0.1, 0.15) is 17.2 Å². The predicted octanol–water partition coefficient (Wildman–Crippen LogP) is 2.45. The second-order valence-electron chi connectivity index (χ2n) is 5.10. The zero-order valence-electron chi connectivity index (χ0n) is 14.4. The van der Waals surface area contributed by atoms with E-state index in [2.05, 4.69) is 5.32 Å². The Hall–Kier alpha value is -2.44. The minimum absolute atomic E-state index is 0. The van der Waals surface area contributed by atoms with Crippen LogP contribution >= 0.6 is 12.4 Å². The summed E-state index contributed by atoms with van der Waals surface area (Å²) < 4.78 is 16.0. The van der Waals surface area contributed by atoms with Gasteiger partial charge in [0, 0.05) is 12.1 Å². The van der Waals surface area contributed by atoms with Gasteiger partial charge >= 0.3 is 0 Å². The number of carbonyl (C=O) groups excluding carboxylic acids is 1. The summed E-state index contributed by atoms with van der Waals surface area (Å²) in [6, 6.07) is 12.1. The molecule has 2 aromatic rings. The number of carbonyl (C=O) groups is 1. The summed E-state index contributed by atoms with van der Waals surface area (Å²) in [6.07, 6.45) is 0. The first kappa shape index (κ1) is 20.6. The zero-order valence-corrected chi connectivity index (χ0v) is 15.3. The standard InChI is InChI=1S/C18H22N2O4.ClH/c1-22-14-10-9-13(16(23-2)17(14)24-3)11-20-18(21)15(19)12-7-5-4-6-8-12;/h4-10,15H,11,19H2,1-3H3,(H,20,21);1H. The molecule has 25 heavy (non-hydrogen) atoms. The molecule has 7 heteroatoms. The van der Waals surface area contributed by atoms with E-state index in [0.29, 0.717) is 17.2 Å². The maximum Gasteiger partial charge on any atom is 0.241 e. The lowest BCUT2D eigenvalue weighted by atomic mass is 10.1. The van der Waals surface area contributed by atoms with E-state index in [-0.39, 0.29) is 24.9 Å². The van der Waals surface area contributed by atoms with Crippen LogP contribution in [-0.4, -0.2) is 27.2 Å². The maximum absolute atomic E-state index is 12.3. The molecule has 0 heterocycles. The second kappa shape index (κ2) is 9.76. The first-order valence-electron chi connectivity index (χ1n) is 7.48. The van der Waals surface area contributed by atoms with Gasteiger partial charge in [0.2, 0.25) is 11.7 Å². The lowest BCUT2D eigenvalue weighted by Gasteiger charge is -2.17. The SMILES string of the molecule is COc1ccc(CNC(=O)C(N)c2ccccc2)c(OC)c1OC.Cl. The van der Waals surface area contributed by atoms with Crippen molar-refractivity contribution in [1.29, 1.82) is 0 Å². The van der Waals surface area contributed by atoms with Crippen molar-refractivity contribution in [3.63, 3.8) is 0 Å². The van der Waals surface area contributed by atoms with E-state index in [1.165, 1.54) is 14.2 Å². The molecule has 6 nitrogen and oxygen atoms in total. The molecule has 0 spiro atoms. The highest BCUT2D eigenvalue weighted by molar-refractivity contribution is 5.85. The second-order valence-corrected chi connectivity index (χ2v) is 5.10. The molecule has 0 aliphatic carbocycles. The monoisotopic (exact) mass is 366 g/mol. The Morgan fingerprint density at radius 3 is 2.20 bits per heavy atom. The number of benzene rings is 2. The van der Waals surface area contributed by atoms with E-state index in [4.69, 9.17) is 19.9 Å². The lowest BCUT2D eigenvalue weighted by Crippen LogP contribution is -2.33. The maximum atomic E-state index is 12.3. The van der Waals surface area contributed by atoms with Gasteiger partial charge in [0.05, 0.1) is 21.3 Å². The molecule has 1 amide bonds. The molecular formula is C18H23ClN2O4. The summed E-state index contributed by atoms with van der Waals surface area (Å²) in [6.45, 7) is 0.267. The fraction of sp³-hybridized carbons (Fsp3) is 0.278. The van der Waals surface area contributed by atoms with Crippen molar-refractivity contribution in [3.8, 4) is 17.2 Å². The van der Waals surface area contributed by atoms with E-state index in [1.807, 2.05) is 36.4 Å². The Morgan fingerprint density at radius 1 is 1.00 bits per heavy atom.